The summed E-state index contributed by atoms with van der Waals surface area (Å²) in [6.07, 6.45) is 1.56. The molecule has 1 heterocycles. The second kappa shape index (κ2) is 8.29. The smallest absolute Gasteiger partial charge is 0.257 e. The van der Waals surface area contributed by atoms with Gasteiger partial charge >= 0.3 is 0 Å². The molecular weight excluding hydrogens is 330 g/mol. The third-order valence-corrected chi connectivity index (χ3v) is 3.98. The van der Waals surface area contributed by atoms with Gasteiger partial charge in [0, 0.05) is 18.5 Å². The van der Waals surface area contributed by atoms with Gasteiger partial charge in [0.05, 0.1) is 11.0 Å². The van der Waals surface area contributed by atoms with E-state index >= 15 is 0 Å². The van der Waals surface area contributed by atoms with E-state index in [-0.39, 0.29) is 18.3 Å². The molecule has 0 bridgehead atoms. The first-order valence-electron chi connectivity index (χ1n) is 8.56. The number of para-hydroxylation sites is 2. The molecule has 0 unspecified atom stereocenters. The van der Waals surface area contributed by atoms with E-state index in [4.69, 9.17) is 4.74 Å². The van der Waals surface area contributed by atoms with E-state index < -0.39 is 0 Å². The van der Waals surface area contributed by atoms with Crippen molar-refractivity contribution in [3.8, 4) is 5.75 Å². The lowest BCUT2D eigenvalue weighted by Gasteiger charge is -2.07. The molecule has 1 aromatic heterocycles. The van der Waals surface area contributed by atoms with Crippen molar-refractivity contribution < 1.29 is 14.3 Å². The lowest BCUT2D eigenvalue weighted by Crippen LogP contribution is -2.29. The maximum Gasteiger partial charge on any atom is 0.257 e. The van der Waals surface area contributed by atoms with Crippen LogP contribution in [0.15, 0.2) is 48.5 Å². The Labute approximate surface area is 151 Å². The van der Waals surface area contributed by atoms with Crippen LogP contribution >= 0.6 is 0 Å². The maximum atomic E-state index is 11.8. The molecule has 2 N–H and O–H groups in total. The number of nitrogens with zero attached hydrogens (tertiary/aromatic N) is 1. The molecule has 6 nitrogen and oxygen atoms in total. The van der Waals surface area contributed by atoms with Gasteiger partial charge < -0.3 is 15.0 Å². The Morgan fingerprint density at radius 3 is 2.62 bits per heavy atom. The van der Waals surface area contributed by atoms with E-state index in [9.17, 15) is 9.59 Å². The van der Waals surface area contributed by atoms with Crippen molar-refractivity contribution in [3.63, 3.8) is 0 Å². The third-order valence-electron chi connectivity index (χ3n) is 3.98. The summed E-state index contributed by atoms with van der Waals surface area (Å²) < 4.78 is 5.42. The second-order valence-electron chi connectivity index (χ2n) is 6.02. The van der Waals surface area contributed by atoms with Gasteiger partial charge in [0.1, 0.15) is 11.6 Å². The first-order valence-corrected chi connectivity index (χ1v) is 8.56. The summed E-state index contributed by atoms with van der Waals surface area (Å²) in [6.45, 7) is 2.02. The van der Waals surface area contributed by atoms with Crippen molar-refractivity contribution in [2.45, 2.75) is 19.8 Å². The van der Waals surface area contributed by atoms with Crippen molar-refractivity contribution in [3.05, 3.63) is 59.9 Å². The number of hydrogen-bond donors (Lipinski definition) is 2. The van der Waals surface area contributed by atoms with Gasteiger partial charge in [-0.15, -0.1) is 0 Å². The number of carbonyl (C=O) groups is 2. The Kier molecular flexibility index (Phi) is 5.63. The van der Waals surface area contributed by atoms with Gasteiger partial charge in [0.25, 0.3) is 5.91 Å². The minimum Gasteiger partial charge on any atom is -0.484 e. The van der Waals surface area contributed by atoms with Crippen molar-refractivity contribution in [1.82, 2.24) is 15.3 Å². The number of imidazole rings is 1. The number of amides is 1. The topological polar surface area (TPSA) is 84.1 Å². The summed E-state index contributed by atoms with van der Waals surface area (Å²) in [5, 5.41) is 2.83. The fraction of sp³-hybridized carbons (Fsp3) is 0.250. The van der Waals surface area contributed by atoms with Crippen LogP contribution in [0.4, 0.5) is 0 Å². The lowest BCUT2D eigenvalue weighted by atomic mass is 10.1. The van der Waals surface area contributed by atoms with Crippen LogP contribution in [0.5, 0.6) is 5.75 Å². The van der Waals surface area contributed by atoms with Gasteiger partial charge in [-0.2, -0.15) is 0 Å². The number of aryl methyl sites for hydroxylation is 1. The average molecular weight is 351 g/mol. The Morgan fingerprint density at radius 2 is 1.88 bits per heavy atom. The zero-order valence-corrected chi connectivity index (χ0v) is 14.6. The predicted molar refractivity (Wildman–Crippen MR) is 99.4 cm³/mol. The molecule has 0 atom stereocenters. The molecular formula is C20H21N3O3. The Morgan fingerprint density at radius 1 is 1.12 bits per heavy atom. The summed E-state index contributed by atoms with van der Waals surface area (Å²) in [7, 11) is 0. The number of fused-ring (bicyclic) bond motifs is 1. The number of H-pyrrole nitrogens is 1. The highest BCUT2D eigenvalue weighted by Gasteiger charge is 2.05. The van der Waals surface area contributed by atoms with Crippen LogP contribution in [0.2, 0.25) is 0 Å². The predicted octanol–water partition coefficient (Wildman–Crippen LogP) is 2.89. The summed E-state index contributed by atoms with van der Waals surface area (Å²) in [6, 6.07) is 14.6. The Balaban J connectivity index is 1.36. The largest absolute Gasteiger partial charge is 0.484 e. The van der Waals surface area contributed by atoms with Gasteiger partial charge in [0.15, 0.2) is 12.4 Å². The fourth-order valence-corrected chi connectivity index (χ4v) is 2.59. The molecule has 3 aromatic rings. The highest BCUT2D eigenvalue weighted by molar-refractivity contribution is 5.94. The number of hydrogen-bond acceptors (Lipinski definition) is 4. The van der Waals surface area contributed by atoms with Gasteiger partial charge in [-0.1, -0.05) is 12.1 Å². The molecule has 0 aliphatic rings. The monoisotopic (exact) mass is 351 g/mol. The molecule has 0 saturated heterocycles. The maximum absolute atomic E-state index is 11.8. The number of rotatable bonds is 8. The molecule has 0 aliphatic carbocycles. The van der Waals surface area contributed by atoms with Gasteiger partial charge in [-0.05, 0) is 49.7 Å². The van der Waals surface area contributed by atoms with E-state index in [1.54, 1.807) is 24.3 Å². The number of nitrogens with one attached hydrogen (secondary N) is 2. The Hall–Kier alpha value is -3.15. The van der Waals surface area contributed by atoms with Crippen LogP contribution in [-0.4, -0.2) is 34.8 Å². The number of aromatic amines is 1. The van der Waals surface area contributed by atoms with Crippen molar-refractivity contribution in [1.29, 1.82) is 0 Å². The van der Waals surface area contributed by atoms with Crippen molar-refractivity contribution in [2.24, 2.45) is 0 Å². The molecule has 0 aliphatic heterocycles. The van der Waals surface area contributed by atoms with Crippen LogP contribution in [0, 0.1) is 0 Å². The number of Topliss-reactive ketones (excluding diaryl/α,β-unsaturated/α-hetero) is 1. The number of carbonyl (C=O) groups excluding carboxylic acids is 2. The van der Waals surface area contributed by atoms with Crippen LogP contribution in [0.1, 0.15) is 29.5 Å². The SMILES string of the molecule is CC(=O)c1ccc(OCC(=O)NCCCc2nc3ccccc3[nH]2)cc1. The van der Waals surface area contributed by atoms with Crippen molar-refractivity contribution in [2.75, 3.05) is 13.2 Å². The zero-order valence-electron chi connectivity index (χ0n) is 14.6. The molecule has 0 fully saturated rings. The number of ketones is 1. The second-order valence-corrected chi connectivity index (χ2v) is 6.02. The summed E-state index contributed by atoms with van der Waals surface area (Å²) in [5.41, 5.74) is 2.60. The number of aromatic nitrogens is 2. The highest BCUT2D eigenvalue weighted by Crippen LogP contribution is 2.13. The van der Waals surface area contributed by atoms with E-state index in [0.717, 1.165) is 29.7 Å². The van der Waals surface area contributed by atoms with Gasteiger partial charge in [-0.25, -0.2) is 4.98 Å². The molecule has 0 saturated carbocycles. The quantitative estimate of drug-likeness (QED) is 0.483. The normalized spacial score (nSPS) is 10.7. The average Bonchev–Trinajstić information content (AvgIpc) is 3.06. The zero-order chi connectivity index (χ0) is 18.4. The summed E-state index contributed by atoms with van der Waals surface area (Å²) >= 11 is 0. The molecule has 0 spiro atoms. The molecule has 3 rings (SSSR count). The summed E-state index contributed by atoms with van der Waals surface area (Å²) in [4.78, 5) is 30.8. The molecule has 26 heavy (non-hydrogen) atoms. The standard InChI is InChI=1S/C20H21N3O3/c1-14(24)15-8-10-16(11-9-15)26-13-20(25)21-12-4-7-19-22-17-5-2-3-6-18(17)23-19/h2-3,5-6,8-11H,4,7,12-13H2,1H3,(H,21,25)(H,22,23). The van der Waals surface area contributed by atoms with E-state index in [2.05, 4.69) is 15.3 Å². The fourth-order valence-electron chi connectivity index (χ4n) is 2.59. The van der Waals surface area contributed by atoms with Crippen LogP contribution in [-0.2, 0) is 11.2 Å². The molecule has 0 radical (unpaired) electrons. The minimum atomic E-state index is -0.176. The van der Waals surface area contributed by atoms with E-state index in [1.165, 1.54) is 6.92 Å². The summed E-state index contributed by atoms with van der Waals surface area (Å²) in [5.74, 6) is 1.30. The lowest BCUT2D eigenvalue weighted by molar-refractivity contribution is -0.123. The van der Waals surface area contributed by atoms with Crippen LogP contribution in [0.25, 0.3) is 11.0 Å². The van der Waals surface area contributed by atoms with Crippen molar-refractivity contribution >= 4 is 22.7 Å². The third kappa shape index (κ3) is 4.69. The first kappa shape index (κ1) is 17.7. The number of benzene rings is 2. The Bertz CT molecular complexity index is 867. The molecule has 134 valence electrons. The van der Waals surface area contributed by atoms with Crippen LogP contribution < -0.4 is 10.1 Å². The number of ether oxygens (including phenoxy) is 1. The van der Waals surface area contributed by atoms with E-state index in [0.29, 0.717) is 17.9 Å². The van der Waals surface area contributed by atoms with Gasteiger partial charge in [-0.3, -0.25) is 9.59 Å². The molecule has 6 heteroatoms. The minimum absolute atomic E-state index is 0.00116. The first-order chi connectivity index (χ1) is 12.6. The van der Waals surface area contributed by atoms with Gasteiger partial charge in [0.2, 0.25) is 0 Å². The molecule has 1 amide bonds. The highest BCUT2D eigenvalue weighted by atomic mass is 16.5. The van der Waals surface area contributed by atoms with Crippen LogP contribution in [0.3, 0.4) is 0 Å². The van der Waals surface area contributed by atoms with E-state index in [1.807, 2.05) is 24.3 Å². The molecule has 2 aromatic carbocycles.